The zero-order valence-electron chi connectivity index (χ0n) is 10.7. The maximum absolute atomic E-state index is 10.5. The summed E-state index contributed by atoms with van der Waals surface area (Å²) in [4.78, 5) is 0. The zero-order valence-corrected chi connectivity index (χ0v) is 10.7. The Hall–Kier alpha value is -0.0800. The molecule has 0 bridgehead atoms. The summed E-state index contributed by atoms with van der Waals surface area (Å²) in [5.41, 5.74) is 0. The van der Waals surface area contributed by atoms with E-state index in [1.165, 1.54) is 25.7 Å². The molecule has 1 heterocycles. The van der Waals surface area contributed by atoms with Crippen molar-refractivity contribution in [1.29, 1.82) is 0 Å². The van der Waals surface area contributed by atoms with Crippen molar-refractivity contribution in [2.45, 2.75) is 64.6 Å². The Kier molecular flexibility index (Phi) is 4.26. The fraction of sp³-hybridized carbons (Fsp3) is 1.00. The van der Waals surface area contributed by atoms with Gasteiger partial charge in [0, 0.05) is 12.5 Å². The second-order valence-corrected chi connectivity index (χ2v) is 5.78. The highest BCUT2D eigenvalue weighted by atomic mass is 16.5. The van der Waals surface area contributed by atoms with E-state index in [9.17, 15) is 5.11 Å². The predicted octanol–water partition coefficient (Wildman–Crippen LogP) is 2.99. The minimum atomic E-state index is -0.111. The van der Waals surface area contributed by atoms with Crippen LogP contribution in [0.15, 0.2) is 0 Å². The highest BCUT2D eigenvalue weighted by molar-refractivity contribution is 4.87. The summed E-state index contributed by atoms with van der Waals surface area (Å²) < 4.78 is 5.69. The molecule has 0 amide bonds. The first-order valence-corrected chi connectivity index (χ1v) is 7.02. The van der Waals surface area contributed by atoms with Crippen LogP contribution in [-0.4, -0.2) is 23.9 Å². The summed E-state index contributed by atoms with van der Waals surface area (Å²) in [6, 6.07) is 0. The largest absolute Gasteiger partial charge is 0.392 e. The maximum Gasteiger partial charge on any atom is 0.0626 e. The lowest BCUT2D eigenvalue weighted by molar-refractivity contribution is -0.0107. The highest BCUT2D eigenvalue weighted by Crippen LogP contribution is 2.37. The molecule has 1 N–H and O–H groups in total. The minimum Gasteiger partial charge on any atom is -0.392 e. The fourth-order valence-electron chi connectivity index (χ4n) is 3.45. The van der Waals surface area contributed by atoms with Crippen LogP contribution in [-0.2, 0) is 4.74 Å². The second kappa shape index (κ2) is 5.50. The van der Waals surface area contributed by atoms with Gasteiger partial charge in [-0.05, 0) is 37.5 Å². The molecule has 0 spiro atoms. The van der Waals surface area contributed by atoms with Crippen molar-refractivity contribution < 1.29 is 9.84 Å². The first-order valence-electron chi connectivity index (χ1n) is 7.02. The molecule has 3 unspecified atom stereocenters. The molecule has 0 radical (unpaired) electrons. The van der Waals surface area contributed by atoms with Gasteiger partial charge in [0.2, 0.25) is 0 Å². The molecule has 0 aromatic carbocycles. The number of aliphatic hydroxyl groups excluding tert-OH is 1. The van der Waals surface area contributed by atoms with E-state index in [4.69, 9.17) is 4.74 Å². The van der Waals surface area contributed by atoms with Gasteiger partial charge in [-0.2, -0.15) is 0 Å². The van der Waals surface area contributed by atoms with E-state index in [2.05, 4.69) is 13.8 Å². The van der Waals surface area contributed by atoms with Crippen LogP contribution in [0.1, 0.15) is 52.4 Å². The molecule has 1 aliphatic heterocycles. The second-order valence-electron chi connectivity index (χ2n) is 5.78. The fourth-order valence-corrected chi connectivity index (χ4v) is 3.45. The SMILES string of the molecule is CCC1OCCC1C(O)C1CCC(C)CC1. The first kappa shape index (κ1) is 12.4. The van der Waals surface area contributed by atoms with Crippen LogP contribution in [0.4, 0.5) is 0 Å². The van der Waals surface area contributed by atoms with Gasteiger partial charge in [0.05, 0.1) is 12.2 Å². The summed E-state index contributed by atoms with van der Waals surface area (Å²) in [5.74, 6) is 1.81. The molecule has 2 fully saturated rings. The van der Waals surface area contributed by atoms with E-state index in [1.807, 2.05) is 0 Å². The summed E-state index contributed by atoms with van der Waals surface area (Å²) in [6.07, 6.45) is 7.34. The predicted molar refractivity (Wildman–Crippen MR) is 65.3 cm³/mol. The van der Waals surface area contributed by atoms with Crippen LogP contribution in [0, 0.1) is 17.8 Å². The van der Waals surface area contributed by atoms with E-state index in [0.29, 0.717) is 17.9 Å². The molecule has 94 valence electrons. The third-order valence-corrected chi connectivity index (χ3v) is 4.65. The Labute approximate surface area is 99.4 Å². The van der Waals surface area contributed by atoms with Crippen molar-refractivity contribution in [3.8, 4) is 0 Å². The van der Waals surface area contributed by atoms with Crippen LogP contribution in [0.5, 0.6) is 0 Å². The summed E-state index contributed by atoms with van der Waals surface area (Å²) in [6.45, 7) is 5.35. The lowest BCUT2D eigenvalue weighted by Crippen LogP contribution is -2.35. The third kappa shape index (κ3) is 2.60. The van der Waals surface area contributed by atoms with Gasteiger partial charge >= 0.3 is 0 Å². The number of rotatable bonds is 3. The smallest absolute Gasteiger partial charge is 0.0626 e. The van der Waals surface area contributed by atoms with Gasteiger partial charge in [0.25, 0.3) is 0 Å². The first-order chi connectivity index (χ1) is 7.72. The van der Waals surface area contributed by atoms with E-state index in [-0.39, 0.29) is 6.10 Å². The highest BCUT2D eigenvalue weighted by Gasteiger charge is 2.37. The third-order valence-electron chi connectivity index (χ3n) is 4.65. The molecule has 2 heteroatoms. The Bertz CT molecular complexity index is 209. The van der Waals surface area contributed by atoms with E-state index >= 15 is 0 Å². The number of ether oxygens (including phenoxy) is 1. The number of hydrogen-bond donors (Lipinski definition) is 1. The molecule has 16 heavy (non-hydrogen) atoms. The van der Waals surface area contributed by atoms with Gasteiger partial charge < -0.3 is 9.84 Å². The lowest BCUT2D eigenvalue weighted by atomic mass is 9.75. The average molecular weight is 226 g/mol. The van der Waals surface area contributed by atoms with Crippen molar-refractivity contribution in [3.63, 3.8) is 0 Å². The molecule has 1 aliphatic carbocycles. The van der Waals surface area contributed by atoms with Gasteiger partial charge in [-0.15, -0.1) is 0 Å². The number of hydrogen-bond acceptors (Lipinski definition) is 2. The minimum absolute atomic E-state index is 0.111. The maximum atomic E-state index is 10.5. The Morgan fingerprint density at radius 3 is 2.50 bits per heavy atom. The van der Waals surface area contributed by atoms with Gasteiger partial charge in [-0.3, -0.25) is 0 Å². The Morgan fingerprint density at radius 2 is 1.88 bits per heavy atom. The van der Waals surface area contributed by atoms with Crippen molar-refractivity contribution in [2.24, 2.45) is 17.8 Å². The van der Waals surface area contributed by atoms with Crippen molar-refractivity contribution in [2.75, 3.05) is 6.61 Å². The monoisotopic (exact) mass is 226 g/mol. The van der Waals surface area contributed by atoms with Crippen LogP contribution in [0.25, 0.3) is 0 Å². The van der Waals surface area contributed by atoms with Gasteiger partial charge in [-0.25, -0.2) is 0 Å². The Balaban J connectivity index is 1.88. The molecule has 0 aromatic heterocycles. The summed E-state index contributed by atoms with van der Waals surface area (Å²) in [5, 5.41) is 10.5. The van der Waals surface area contributed by atoms with Crippen LogP contribution < -0.4 is 0 Å². The Morgan fingerprint density at radius 1 is 1.19 bits per heavy atom. The molecule has 2 rings (SSSR count). The quantitative estimate of drug-likeness (QED) is 0.801. The van der Waals surface area contributed by atoms with Crippen molar-refractivity contribution in [1.82, 2.24) is 0 Å². The molecule has 2 aliphatic rings. The molecular formula is C14H26O2. The van der Waals surface area contributed by atoms with Gasteiger partial charge in [0.15, 0.2) is 0 Å². The van der Waals surface area contributed by atoms with E-state index in [1.54, 1.807) is 0 Å². The standard InChI is InChI=1S/C14H26O2/c1-3-13-12(8-9-16-13)14(15)11-6-4-10(2)5-7-11/h10-15H,3-9H2,1-2H3. The zero-order chi connectivity index (χ0) is 11.5. The van der Waals surface area contributed by atoms with Gasteiger partial charge in [-0.1, -0.05) is 26.7 Å². The molecular weight excluding hydrogens is 200 g/mol. The van der Waals surface area contributed by atoms with Crippen molar-refractivity contribution >= 4 is 0 Å². The summed E-state index contributed by atoms with van der Waals surface area (Å²) >= 11 is 0. The van der Waals surface area contributed by atoms with Crippen LogP contribution in [0.3, 0.4) is 0 Å². The van der Waals surface area contributed by atoms with Crippen LogP contribution >= 0.6 is 0 Å². The molecule has 3 atom stereocenters. The van der Waals surface area contributed by atoms with Gasteiger partial charge in [0.1, 0.15) is 0 Å². The van der Waals surface area contributed by atoms with E-state index < -0.39 is 0 Å². The average Bonchev–Trinajstić information content (AvgIpc) is 2.77. The topological polar surface area (TPSA) is 29.5 Å². The molecule has 1 saturated carbocycles. The lowest BCUT2D eigenvalue weighted by Gasteiger charge is -2.34. The summed E-state index contributed by atoms with van der Waals surface area (Å²) in [7, 11) is 0. The molecule has 1 saturated heterocycles. The van der Waals surface area contributed by atoms with E-state index in [0.717, 1.165) is 25.4 Å². The molecule has 2 nitrogen and oxygen atoms in total. The molecule has 0 aromatic rings. The number of aliphatic hydroxyl groups is 1. The van der Waals surface area contributed by atoms with Crippen LogP contribution in [0.2, 0.25) is 0 Å². The van der Waals surface area contributed by atoms with Crippen molar-refractivity contribution in [3.05, 3.63) is 0 Å². The normalized spacial score (nSPS) is 42.2.